The Morgan fingerprint density at radius 3 is 2.34 bits per heavy atom. The van der Waals surface area contributed by atoms with Gasteiger partial charge >= 0.3 is 12.5 Å². The zero-order valence-corrected chi connectivity index (χ0v) is 20.2. The number of hydrazone groups is 1. The molecule has 2 N–H and O–H groups in total. The highest BCUT2D eigenvalue weighted by Gasteiger charge is 2.43. The molecule has 0 aliphatic carbocycles. The number of aromatic nitrogens is 4. The Morgan fingerprint density at radius 1 is 0.947 bits per heavy atom. The molecule has 38 heavy (non-hydrogen) atoms. The zero-order chi connectivity index (χ0) is 27.3. The number of rotatable bonds is 9. The molecule has 0 aliphatic rings. The topological polar surface area (TPSA) is 97.2 Å². The van der Waals surface area contributed by atoms with Crippen molar-refractivity contribution in [1.29, 1.82) is 0 Å². The van der Waals surface area contributed by atoms with Gasteiger partial charge in [-0.15, -0.1) is 0 Å². The van der Waals surface area contributed by atoms with E-state index in [9.17, 15) is 22.0 Å². The van der Waals surface area contributed by atoms with Gasteiger partial charge in [-0.1, -0.05) is 29.3 Å². The second kappa shape index (κ2) is 11.5. The van der Waals surface area contributed by atoms with Crippen molar-refractivity contribution in [3.05, 3.63) is 82.4 Å². The number of halogens is 7. The maximum absolute atomic E-state index is 14.5. The summed E-state index contributed by atoms with van der Waals surface area (Å²) in [4.78, 5) is 16.5. The average molecular weight is 570 g/mol. The molecule has 2 aromatic heterocycles. The normalized spacial score (nSPS) is 11.7. The molecule has 0 aliphatic heterocycles. The van der Waals surface area contributed by atoms with E-state index in [0.717, 1.165) is 12.1 Å². The van der Waals surface area contributed by atoms with Gasteiger partial charge in [-0.05, 0) is 54.1 Å². The summed E-state index contributed by atoms with van der Waals surface area (Å²) < 4.78 is 69.2. The fraction of sp³-hybridized carbons (Fsp3) is 0.0870. The van der Waals surface area contributed by atoms with E-state index in [1.165, 1.54) is 48.8 Å². The third kappa shape index (κ3) is 6.81. The monoisotopic (exact) mass is 569 g/mol. The van der Waals surface area contributed by atoms with Gasteiger partial charge in [0.2, 0.25) is 11.9 Å². The summed E-state index contributed by atoms with van der Waals surface area (Å²) in [5.74, 6) is -1.34. The SMILES string of the molecule is Fc1cccc(Cl)c1-c1nc(N/N=C/c2ccc(OC(F)(F)C(F)F)cc2)nc(Nc2ccc(Cl)nc2)n1. The average Bonchev–Trinajstić information content (AvgIpc) is 2.86. The molecule has 0 unspecified atom stereocenters. The zero-order valence-electron chi connectivity index (χ0n) is 18.7. The molecular weight excluding hydrogens is 556 g/mol. The molecule has 0 fully saturated rings. The summed E-state index contributed by atoms with van der Waals surface area (Å²) in [5, 5.41) is 7.18. The van der Waals surface area contributed by atoms with Gasteiger partial charge in [0.1, 0.15) is 16.7 Å². The molecule has 0 radical (unpaired) electrons. The van der Waals surface area contributed by atoms with Crippen LogP contribution >= 0.6 is 23.2 Å². The van der Waals surface area contributed by atoms with Crippen LogP contribution in [0.2, 0.25) is 10.2 Å². The molecule has 2 aromatic carbocycles. The Bertz CT molecular complexity index is 1420. The Kier molecular flexibility index (Phi) is 8.17. The first-order valence-corrected chi connectivity index (χ1v) is 11.2. The molecule has 0 saturated heterocycles. The first-order chi connectivity index (χ1) is 18.1. The van der Waals surface area contributed by atoms with Crippen LogP contribution in [0.15, 0.2) is 65.9 Å². The number of benzene rings is 2. The van der Waals surface area contributed by atoms with Crippen molar-refractivity contribution in [2.45, 2.75) is 12.5 Å². The number of hydrogen-bond acceptors (Lipinski definition) is 8. The van der Waals surface area contributed by atoms with E-state index < -0.39 is 24.1 Å². The van der Waals surface area contributed by atoms with Crippen molar-refractivity contribution in [2.24, 2.45) is 5.10 Å². The van der Waals surface area contributed by atoms with Crippen molar-refractivity contribution >= 4 is 47.0 Å². The van der Waals surface area contributed by atoms with Crippen molar-refractivity contribution < 1.29 is 26.7 Å². The quantitative estimate of drug-likeness (QED) is 0.0989. The summed E-state index contributed by atoms with van der Waals surface area (Å²) >= 11 is 12.0. The molecule has 4 aromatic rings. The van der Waals surface area contributed by atoms with Gasteiger partial charge in [0.05, 0.1) is 28.7 Å². The summed E-state index contributed by atoms with van der Waals surface area (Å²) in [7, 11) is 0. The number of nitrogens with one attached hydrogen (secondary N) is 2. The van der Waals surface area contributed by atoms with Crippen LogP contribution in [-0.2, 0) is 0 Å². The predicted molar refractivity (Wildman–Crippen MR) is 132 cm³/mol. The molecule has 0 bridgehead atoms. The van der Waals surface area contributed by atoms with Gasteiger partial charge in [0.15, 0.2) is 5.82 Å². The third-order valence-corrected chi connectivity index (χ3v) is 5.11. The molecule has 15 heteroatoms. The first-order valence-electron chi connectivity index (χ1n) is 10.4. The second-order valence-corrected chi connectivity index (χ2v) is 8.10. The van der Waals surface area contributed by atoms with Crippen LogP contribution in [0, 0.1) is 5.82 Å². The lowest BCUT2D eigenvalue weighted by atomic mass is 10.2. The lowest BCUT2D eigenvalue weighted by molar-refractivity contribution is -0.253. The number of nitrogens with zero attached hydrogens (tertiary/aromatic N) is 5. The highest BCUT2D eigenvalue weighted by molar-refractivity contribution is 6.33. The lowest BCUT2D eigenvalue weighted by Crippen LogP contribution is -2.33. The molecule has 4 rings (SSSR count). The molecule has 196 valence electrons. The van der Waals surface area contributed by atoms with Crippen LogP contribution in [0.5, 0.6) is 5.75 Å². The fourth-order valence-electron chi connectivity index (χ4n) is 2.87. The number of alkyl halides is 4. The highest BCUT2D eigenvalue weighted by Crippen LogP contribution is 2.30. The molecule has 2 heterocycles. The predicted octanol–water partition coefficient (Wildman–Crippen LogP) is 6.81. The third-order valence-electron chi connectivity index (χ3n) is 4.57. The van der Waals surface area contributed by atoms with Crippen LogP contribution in [0.4, 0.5) is 39.5 Å². The van der Waals surface area contributed by atoms with E-state index in [2.05, 4.69) is 40.5 Å². The van der Waals surface area contributed by atoms with Gasteiger partial charge in [-0.25, -0.2) is 14.8 Å². The Labute approximate surface area is 221 Å². The van der Waals surface area contributed by atoms with Gasteiger partial charge < -0.3 is 10.1 Å². The molecule has 0 amide bonds. The van der Waals surface area contributed by atoms with Gasteiger partial charge in [0.25, 0.3) is 0 Å². The number of pyridine rings is 1. The standard InChI is InChI=1S/C23H14Cl2F5N7O/c24-15-2-1-3-16(26)18(15)19-34-21(33-13-6-9-17(25)31-11-13)36-22(35-19)37-32-10-12-4-7-14(8-5-12)38-23(29,30)20(27)28/h1-11,20H,(H2,33,34,35,36,37)/b32-10+. The molecular formula is C23H14Cl2F5N7O. The van der Waals surface area contributed by atoms with Gasteiger partial charge in [-0.3, -0.25) is 0 Å². The van der Waals surface area contributed by atoms with Crippen LogP contribution in [0.25, 0.3) is 11.4 Å². The summed E-state index contributed by atoms with van der Waals surface area (Å²) in [6.45, 7) is 0. The Hall–Kier alpha value is -4.10. The molecule has 0 atom stereocenters. The van der Waals surface area contributed by atoms with Crippen molar-refractivity contribution in [3.63, 3.8) is 0 Å². The summed E-state index contributed by atoms with van der Waals surface area (Å²) in [6.07, 6.45) is -5.90. The lowest BCUT2D eigenvalue weighted by Gasteiger charge is -2.16. The van der Waals surface area contributed by atoms with E-state index in [0.29, 0.717) is 11.3 Å². The maximum Gasteiger partial charge on any atom is 0.461 e. The largest absolute Gasteiger partial charge is 0.461 e. The van der Waals surface area contributed by atoms with Gasteiger partial charge in [-0.2, -0.15) is 37.6 Å². The van der Waals surface area contributed by atoms with Crippen LogP contribution in [0.3, 0.4) is 0 Å². The van der Waals surface area contributed by atoms with E-state index >= 15 is 0 Å². The molecule has 0 spiro atoms. The van der Waals surface area contributed by atoms with Crippen LogP contribution in [0.1, 0.15) is 5.56 Å². The van der Waals surface area contributed by atoms with Crippen molar-refractivity contribution in [1.82, 2.24) is 19.9 Å². The van der Waals surface area contributed by atoms with E-state index in [-0.39, 0.29) is 33.5 Å². The summed E-state index contributed by atoms with van der Waals surface area (Å²) in [5.41, 5.74) is 3.35. The number of ether oxygens (including phenoxy) is 1. The number of anilines is 3. The minimum absolute atomic E-state index is 0.00222. The number of hydrogen-bond donors (Lipinski definition) is 2. The maximum atomic E-state index is 14.5. The van der Waals surface area contributed by atoms with Crippen LogP contribution in [-0.4, -0.2) is 38.7 Å². The molecule has 8 nitrogen and oxygen atoms in total. The van der Waals surface area contributed by atoms with E-state index in [4.69, 9.17) is 23.2 Å². The van der Waals surface area contributed by atoms with E-state index in [1.807, 2.05) is 0 Å². The Morgan fingerprint density at radius 2 is 1.68 bits per heavy atom. The Balaban J connectivity index is 1.57. The minimum atomic E-state index is -4.62. The summed E-state index contributed by atoms with van der Waals surface area (Å²) in [6, 6.07) is 12.0. The second-order valence-electron chi connectivity index (χ2n) is 7.30. The smallest absolute Gasteiger partial charge is 0.428 e. The van der Waals surface area contributed by atoms with Crippen molar-refractivity contribution in [3.8, 4) is 17.1 Å². The van der Waals surface area contributed by atoms with Crippen molar-refractivity contribution in [2.75, 3.05) is 10.7 Å². The van der Waals surface area contributed by atoms with Gasteiger partial charge in [0, 0.05) is 0 Å². The highest BCUT2D eigenvalue weighted by atomic mass is 35.5. The first kappa shape index (κ1) is 26.9. The van der Waals surface area contributed by atoms with Crippen LogP contribution < -0.4 is 15.5 Å². The van der Waals surface area contributed by atoms with E-state index in [1.54, 1.807) is 6.07 Å². The fourth-order valence-corrected chi connectivity index (χ4v) is 3.23. The molecule has 0 saturated carbocycles. The minimum Gasteiger partial charge on any atom is -0.428 e.